The van der Waals surface area contributed by atoms with Gasteiger partial charge in [-0.15, -0.1) is 0 Å². The van der Waals surface area contributed by atoms with Gasteiger partial charge in [0, 0.05) is 5.02 Å². The van der Waals surface area contributed by atoms with Crippen molar-refractivity contribution in [2.24, 2.45) is 0 Å². The third-order valence-corrected chi connectivity index (χ3v) is 2.00. The van der Waals surface area contributed by atoms with Gasteiger partial charge in [-0.1, -0.05) is 51.4 Å². The molecule has 0 aliphatic heterocycles. The minimum absolute atomic E-state index is 0.456. The molecule has 0 aromatic heterocycles. The molecule has 1 aromatic rings. The average Bonchev–Trinajstić information content (AvgIpc) is 2.27. The van der Waals surface area contributed by atoms with Crippen molar-refractivity contribution in [3.63, 3.8) is 0 Å². The van der Waals surface area contributed by atoms with Crippen molar-refractivity contribution in [2.75, 3.05) is 0 Å². The van der Waals surface area contributed by atoms with Crippen molar-refractivity contribution in [1.82, 2.24) is 0 Å². The lowest BCUT2D eigenvalue weighted by Gasteiger charge is -2.04. The van der Waals surface area contributed by atoms with Crippen LogP contribution in [0, 0.1) is 6.92 Å². The largest absolute Gasteiger partial charge is 0.488 e. The monoisotopic (exact) mass is 230 g/mol. The summed E-state index contributed by atoms with van der Waals surface area (Å²) in [4.78, 5) is 0. The molecule has 0 saturated carbocycles. The average molecular weight is 231 g/mol. The van der Waals surface area contributed by atoms with Crippen LogP contribution < -0.4 is 5.46 Å². The fourth-order valence-electron chi connectivity index (χ4n) is 0.904. The normalized spacial score (nSPS) is 8.00. The topological polar surface area (TPSA) is 40.5 Å². The number of hydrogen-bond donors (Lipinski definition) is 2. The second kappa shape index (κ2) is 10.0. The van der Waals surface area contributed by atoms with Gasteiger partial charge in [0.05, 0.1) is 0 Å². The summed E-state index contributed by atoms with van der Waals surface area (Å²) in [5.74, 6) is 0. The maximum Gasteiger partial charge on any atom is 0.488 e. The summed E-state index contributed by atoms with van der Waals surface area (Å²) in [6.07, 6.45) is 0. The van der Waals surface area contributed by atoms with E-state index in [1.807, 2.05) is 27.7 Å². The first-order valence-corrected chi connectivity index (χ1v) is 5.62. The van der Waals surface area contributed by atoms with E-state index in [2.05, 4.69) is 0 Å². The van der Waals surface area contributed by atoms with Crippen LogP contribution in [0.5, 0.6) is 0 Å². The van der Waals surface area contributed by atoms with Crippen molar-refractivity contribution in [2.45, 2.75) is 34.6 Å². The molecule has 2 nitrogen and oxygen atoms in total. The Kier molecular flexibility index (Phi) is 11.3. The van der Waals surface area contributed by atoms with E-state index in [1.165, 1.54) is 0 Å². The van der Waals surface area contributed by atoms with Crippen LogP contribution in [-0.2, 0) is 0 Å². The van der Waals surface area contributed by atoms with E-state index in [-0.39, 0.29) is 0 Å². The van der Waals surface area contributed by atoms with Crippen LogP contribution in [-0.4, -0.2) is 17.2 Å². The number of hydrogen-bond acceptors (Lipinski definition) is 2. The maximum absolute atomic E-state index is 8.83. The highest BCUT2D eigenvalue weighted by Crippen LogP contribution is 2.11. The summed E-state index contributed by atoms with van der Waals surface area (Å²) >= 11 is 5.74. The molecule has 0 amide bonds. The van der Waals surface area contributed by atoms with Crippen molar-refractivity contribution < 1.29 is 10.0 Å². The molecular weight excluding hydrogens is 210 g/mol. The second-order valence-corrected chi connectivity index (χ2v) is 2.73. The van der Waals surface area contributed by atoms with Crippen molar-refractivity contribution in [3.8, 4) is 0 Å². The molecule has 0 aliphatic rings. The van der Waals surface area contributed by atoms with Crippen LogP contribution in [0.3, 0.4) is 0 Å². The Morgan fingerprint density at radius 3 is 1.87 bits per heavy atom. The predicted octanol–water partition coefficient (Wildman–Crippen LogP) is 2.38. The van der Waals surface area contributed by atoms with E-state index in [9.17, 15) is 0 Å². The Morgan fingerprint density at radius 2 is 1.53 bits per heavy atom. The standard InChI is InChI=1S/C7H8BClO2.2C2H6/c1-5-6(8(10)11)3-2-4-7(5)9;2*1-2/h2-4,10-11H,1H3;2*1-2H3. The molecule has 4 heteroatoms. The van der Waals surface area contributed by atoms with E-state index in [0.29, 0.717) is 16.0 Å². The summed E-state index contributed by atoms with van der Waals surface area (Å²) in [5.41, 5.74) is 1.17. The molecule has 0 saturated heterocycles. The SMILES string of the molecule is CC.CC.Cc1c(Cl)cccc1B(O)O. The zero-order chi connectivity index (χ0) is 12.4. The molecule has 15 heavy (non-hydrogen) atoms. The smallest absolute Gasteiger partial charge is 0.423 e. The molecule has 0 bridgehead atoms. The zero-order valence-electron chi connectivity index (χ0n) is 10.1. The molecule has 0 aliphatic carbocycles. The highest BCUT2D eigenvalue weighted by Gasteiger charge is 2.14. The fourth-order valence-corrected chi connectivity index (χ4v) is 1.09. The molecule has 0 fully saturated rings. The number of halogens is 1. The van der Waals surface area contributed by atoms with Gasteiger partial charge in [-0.3, -0.25) is 0 Å². The van der Waals surface area contributed by atoms with Crippen LogP contribution in [0.1, 0.15) is 33.3 Å². The maximum atomic E-state index is 8.83. The first-order chi connectivity index (χ1) is 7.13. The quantitative estimate of drug-likeness (QED) is 0.727. The molecule has 0 radical (unpaired) electrons. The fraction of sp³-hybridized carbons (Fsp3) is 0.455. The van der Waals surface area contributed by atoms with Gasteiger partial charge >= 0.3 is 7.12 Å². The van der Waals surface area contributed by atoms with Gasteiger partial charge in [0.15, 0.2) is 0 Å². The molecule has 0 heterocycles. The van der Waals surface area contributed by atoms with Gasteiger partial charge in [0.2, 0.25) is 0 Å². The van der Waals surface area contributed by atoms with E-state index in [4.69, 9.17) is 21.6 Å². The van der Waals surface area contributed by atoms with Crippen LogP contribution >= 0.6 is 11.6 Å². The summed E-state index contributed by atoms with van der Waals surface area (Å²) in [6, 6.07) is 5.03. The third-order valence-electron chi connectivity index (χ3n) is 1.59. The lowest BCUT2D eigenvalue weighted by Crippen LogP contribution is -2.32. The van der Waals surface area contributed by atoms with Gasteiger partial charge in [-0.2, -0.15) is 0 Å². The van der Waals surface area contributed by atoms with Gasteiger partial charge in [-0.25, -0.2) is 0 Å². The van der Waals surface area contributed by atoms with E-state index < -0.39 is 7.12 Å². The van der Waals surface area contributed by atoms with Crippen LogP contribution in [0.25, 0.3) is 0 Å². The van der Waals surface area contributed by atoms with Crippen molar-refractivity contribution in [1.29, 1.82) is 0 Å². The molecule has 1 rings (SSSR count). The summed E-state index contributed by atoms with van der Waals surface area (Å²) < 4.78 is 0. The Hall–Kier alpha value is -0.505. The van der Waals surface area contributed by atoms with Crippen molar-refractivity contribution >= 4 is 24.2 Å². The molecular formula is C11H20BClO2. The highest BCUT2D eigenvalue weighted by atomic mass is 35.5. The van der Waals surface area contributed by atoms with E-state index >= 15 is 0 Å². The molecule has 1 aromatic carbocycles. The van der Waals surface area contributed by atoms with Crippen molar-refractivity contribution in [3.05, 3.63) is 28.8 Å². The minimum atomic E-state index is -1.44. The highest BCUT2D eigenvalue weighted by molar-refractivity contribution is 6.59. The minimum Gasteiger partial charge on any atom is -0.423 e. The summed E-state index contributed by atoms with van der Waals surface area (Å²) in [6.45, 7) is 9.75. The van der Waals surface area contributed by atoms with E-state index in [1.54, 1.807) is 25.1 Å². The molecule has 0 unspecified atom stereocenters. The van der Waals surface area contributed by atoms with Crippen LogP contribution in [0.4, 0.5) is 0 Å². The second-order valence-electron chi connectivity index (χ2n) is 2.33. The summed E-state index contributed by atoms with van der Waals surface area (Å²) in [7, 11) is -1.44. The molecule has 0 atom stereocenters. The van der Waals surface area contributed by atoms with Gasteiger partial charge in [-0.05, 0) is 24.0 Å². The van der Waals surface area contributed by atoms with Gasteiger partial charge in [0.25, 0.3) is 0 Å². The van der Waals surface area contributed by atoms with Crippen LogP contribution in [0.15, 0.2) is 18.2 Å². The predicted molar refractivity (Wildman–Crippen MR) is 68.7 cm³/mol. The zero-order valence-corrected chi connectivity index (χ0v) is 10.8. The van der Waals surface area contributed by atoms with Crippen LogP contribution in [0.2, 0.25) is 5.02 Å². The Bertz CT molecular complexity index is 265. The number of benzene rings is 1. The van der Waals surface area contributed by atoms with Gasteiger partial charge < -0.3 is 10.0 Å². The lowest BCUT2D eigenvalue weighted by molar-refractivity contribution is 0.425. The molecule has 86 valence electrons. The Labute approximate surface area is 98.1 Å². The van der Waals surface area contributed by atoms with E-state index in [0.717, 1.165) is 0 Å². The molecule has 0 spiro atoms. The first-order valence-electron chi connectivity index (χ1n) is 5.24. The first kappa shape index (κ1) is 16.9. The Morgan fingerprint density at radius 1 is 1.07 bits per heavy atom. The molecule has 2 N–H and O–H groups in total. The summed E-state index contributed by atoms with van der Waals surface area (Å²) in [5, 5.41) is 18.2. The number of rotatable bonds is 1. The Balaban J connectivity index is 0. The third kappa shape index (κ3) is 5.83. The van der Waals surface area contributed by atoms with Gasteiger partial charge in [0.1, 0.15) is 0 Å². The lowest BCUT2D eigenvalue weighted by atomic mass is 9.77.